The van der Waals surface area contributed by atoms with Crippen LogP contribution in [-0.2, 0) is 10.0 Å². The van der Waals surface area contributed by atoms with Gasteiger partial charge in [0.05, 0.1) is 16.4 Å². The predicted octanol–water partition coefficient (Wildman–Crippen LogP) is 3.64. The first kappa shape index (κ1) is 16.7. The maximum Gasteiger partial charge on any atom is 0.293 e. The summed E-state index contributed by atoms with van der Waals surface area (Å²) in [6.07, 6.45) is 0.618. The first-order chi connectivity index (χ1) is 11.4. The minimum absolute atomic E-state index is 0.0458. The van der Waals surface area contributed by atoms with Crippen LogP contribution in [0.3, 0.4) is 0 Å². The molecule has 1 aliphatic heterocycles. The zero-order chi connectivity index (χ0) is 17.3. The van der Waals surface area contributed by atoms with Gasteiger partial charge in [-0.1, -0.05) is 15.9 Å². The Bertz CT molecular complexity index is 884. The van der Waals surface area contributed by atoms with Crippen molar-refractivity contribution >= 4 is 48.7 Å². The summed E-state index contributed by atoms with van der Waals surface area (Å²) in [4.78, 5) is 10.7. The van der Waals surface area contributed by atoms with Gasteiger partial charge in [0.2, 0.25) is 10.0 Å². The molecule has 7 nitrogen and oxygen atoms in total. The van der Waals surface area contributed by atoms with Crippen molar-refractivity contribution in [1.29, 1.82) is 0 Å². The Balaban J connectivity index is 1.84. The number of rotatable bonds is 4. The Morgan fingerprint density at radius 1 is 1.17 bits per heavy atom. The SMILES string of the molecule is O=[N+]([O-])c1cc(Br)ccc1Nc1ccc(N2CCCS2(=O)=O)cc1. The minimum atomic E-state index is -3.22. The van der Waals surface area contributed by atoms with Gasteiger partial charge in [0.1, 0.15) is 5.69 Å². The molecule has 0 amide bonds. The molecule has 0 saturated carbocycles. The van der Waals surface area contributed by atoms with Gasteiger partial charge in [-0.05, 0) is 42.8 Å². The Kier molecular flexibility index (Phi) is 4.46. The molecule has 0 aliphatic carbocycles. The summed E-state index contributed by atoms with van der Waals surface area (Å²) in [6, 6.07) is 11.5. The van der Waals surface area contributed by atoms with Crippen LogP contribution in [-0.4, -0.2) is 25.6 Å². The first-order valence-electron chi connectivity index (χ1n) is 7.18. The lowest BCUT2D eigenvalue weighted by Gasteiger charge is -2.17. The Labute approximate surface area is 147 Å². The lowest BCUT2D eigenvalue weighted by atomic mass is 10.2. The van der Waals surface area contributed by atoms with Gasteiger partial charge in [-0.3, -0.25) is 14.4 Å². The van der Waals surface area contributed by atoms with Gasteiger partial charge in [0.15, 0.2) is 0 Å². The van der Waals surface area contributed by atoms with Gasteiger partial charge in [-0.15, -0.1) is 0 Å². The summed E-state index contributed by atoms with van der Waals surface area (Å²) in [6.45, 7) is 0.479. The summed E-state index contributed by atoms with van der Waals surface area (Å²) in [5, 5.41) is 14.1. The molecule has 3 rings (SSSR count). The van der Waals surface area contributed by atoms with Crippen molar-refractivity contribution in [1.82, 2.24) is 0 Å². The molecular formula is C15H14BrN3O4S. The Morgan fingerprint density at radius 2 is 1.88 bits per heavy atom. The predicted molar refractivity (Wildman–Crippen MR) is 96.3 cm³/mol. The zero-order valence-electron chi connectivity index (χ0n) is 12.5. The van der Waals surface area contributed by atoms with Gasteiger partial charge < -0.3 is 5.32 Å². The molecule has 2 aromatic carbocycles. The first-order valence-corrected chi connectivity index (χ1v) is 9.58. The van der Waals surface area contributed by atoms with Crippen LogP contribution in [0.2, 0.25) is 0 Å². The van der Waals surface area contributed by atoms with Crippen LogP contribution in [0.1, 0.15) is 6.42 Å². The van der Waals surface area contributed by atoms with Crippen molar-refractivity contribution in [3.8, 4) is 0 Å². The molecule has 9 heteroatoms. The van der Waals surface area contributed by atoms with Crippen LogP contribution in [0.5, 0.6) is 0 Å². The number of nitro groups is 1. The topological polar surface area (TPSA) is 92.6 Å². The normalized spacial score (nSPS) is 16.1. The van der Waals surface area contributed by atoms with Crippen LogP contribution in [0.25, 0.3) is 0 Å². The lowest BCUT2D eigenvalue weighted by Crippen LogP contribution is -2.24. The highest BCUT2D eigenvalue weighted by Crippen LogP contribution is 2.32. The fourth-order valence-corrected chi connectivity index (χ4v) is 4.47. The highest BCUT2D eigenvalue weighted by atomic mass is 79.9. The van der Waals surface area contributed by atoms with E-state index in [1.807, 2.05) is 0 Å². The molecule has 1 saturated heterocycles. The number of nitrogens with zero attached hydrogens (tertiary/aromatic N) is 2. The van der Waals surface area contributed by atoms with Crippen molar-refractivity contribution in [3.05, 3.63) is 57.1 Å². The van der Waals surface area contributed by atoms with E-state index in [2.05, 4.69) is 21.2 Å². The fraction of sp³-hybridized carbons (Fsp3) is 0.200. The molecular weight excluding hydrogens is 398 g/mol. The minimum Gasteiger partial charge on any atom is -0.350 e. The highest BCUT2D eigenvalue weighted by molar-refractivity contribution is 9.10. The maximum absolute atomic E-state index is 11.9. The van der Waals surface area contributed by atoms with E-state index in [4.69, 9.17) is 0 Å². The van der Waals surface area contributed by atoms with E-state index in [1.54, 1.807) is 36.4 Å². The smallest absolute Gasteiger partial charge is 0.293 e. The Morgan fingerprint density at radius 3 is 2.46 bits per heavy atom. The van der Waals surface area contributed by atoms with Crippen molar-refractivity contribution in [2.45, 2.75) is 6.42 Å². The zero-order valence-corrected chi connectivity index (χ0v) is 14.9. The number of nitrogens with one attached hydrogen (secondary N) is 1. The maximum atomic E-state index is 11.9. The molecule has 1 heterocycles. The summed E-state index contributed by atoms with van der Waals surface area (Å²) >= 11 is 3.21. The van der Waals surface area contributed by atoms with Crippen molar-refractivity contribution in [2.75, 3.05) is 21.9 Å². The number of halogens is 1. The Hall–Kier alpha value is -2.13. The molecule has 2 aromatic rings. The summed E-state index contributed by atoms with van der Waals surface area (Å²) in [5.41, 5.74) is 1.56. The lowest BCUT2D eigenvalue weighted by molar-refractivity contribution is -0.384. The monoisotopic (exact) mass is 411 g/mol. The van der Waals surface area contributed by atoms with E-state index >= 15 is 0 Å². The summed E-state index contributed by atoms with van der Waals surface area (Å²) in [7, 11) is -3.22. The molecule has 1 fully saturated rings. The second kappa shape index (κ2) is 6.40. The molecule has 0 radical (unpaired) electrons. The molecule has 0 bridgehead atoms. The quantitative estimate of drug-likeness (QED) is 0.612. The number of nitro benzene ring substituents is 1. The summed E-state index contributed by atoms with van der Waals surface area (Å²) in [5.74, 6) is 0.165. The van der Waals surface area contributed by atoms with Crippen LogP contribution >= 0.6 is 15.9 Å². The van der Waals surface area contributed by atoms with Gasteiger partial charge in [0.25, 0.3) is 5.69 Å². The average Bonchev–Trinajstić information content (AvgIpc) is 2.89. The number of anilines is 3. The average molecular weight is 412 g/mol. The number of hydrogen-bond donors (Lipinski definition) is 1. The number of hydrogen-bond acceptors (Lipinski definition) is 5. The molecule has 0 spiro atoms. The molecule has 1 N–H and O–H groups in total. The van der Waals surface area contributed by atoms with Gasteiger partial charge in [0, 0.05) is 22.8 Å². The van der Waals surface area contributed by atoms with E-state index in [9.17, 15) is 18.5 Å². The second-order valence-corrected chi connectivity index (χ2v) is 8.26. The molecule has 0 unspecified atom stereocenters. The van der Waals surface area contributed by atoms with E-state index < -0.39 is 14.9 Å². The number of sulfonamides is 1. The third-order valence-electron chi connectivity index (χ3n) is 3.69. The van der Waals surface area contributed by atoms with Gasteiger partial charge >= 0.3 is 0 Å². The molecule has 0 aromatic heterocycles. The second-order valence-electron chi connectivity index (χ2n) is 5.33. The van der Waals surface area contributed by atoms with Gasteiger partial charge in [-0.2, -0.15) is 0 Å². The molecule has 1 aliphatic rings. The van der Waals surface area contributed by atoms with Crippen LogP contribution in [0.15, 0.2) is 46.9 Å². The van der Waals surface area contributed by atoms with Crippen LogP contribution in [0, 0.1) is 10.1 Å². The third-order valence-corrected chi connectivity index (χ3v) is 6.05. The highest BCUT2D eigenvalue weighted by Gasteiger charge is 2.28. The molecule has 126 valence electrons. The fourth-order valence-electron chi connectivity index (χ4n) is 2.56. The van der Waals surface area contributed by atoms with Crippen molar-refractivity contribution < 1.29 is 13.3 Å². The number of benzene rings is 2. The molecule has 0 atom stereocenters. The van der Waals surface area contributed by atoms with Crippen molar-refractivity contribution in [2.24, 2.45) is 0 Å². The van der Waals surface area contributed by atoms with E-state index in [-0.39, 0.29) is 11.4 Å². The van der Waals surface area contributed by atoms with Crippen LogP contribution in [0.4, 0.5) is 22.7 Å². The summed E-state index contributed by atoms with van der Waals surface area (Å²) < 4.78 is 25.8. The largest absolute Gasteiger partial charge is 0.350 e. The van der Waals surface area contributed by atoms with E-state index in [0.29, 0.717) is 34.5 Å². The molecule has 24 heavy (non-hydrogen) atoms. The standard InChI is InChI=1S/C15H14BrN3O4S/c16-11-2-7-14(15(10-11)19(20)21)17-12-3-5-13(6-4-12)18-8-1-9-24(18,22)23/h2-7,10,17H,1,8-9H2. The van der Waals surface area contributed by atoms with Crippen LogP contribution < -0.4 is 9.62 Å². The third kappa shape index (κ3) is 3.36. The van der Waals surface area contributed by atoms with Crippen molar-refractivity contribution in [3.63, 3.8) is 0 Å². The van der Waals surface area contributed by atoms with Gasteiger partial charge in [-0.25, -0.2) is 8.42 Å². The van der Waals surface area contributed by atoms with E-state index in [0.717, 1.165) is 0 Å². The van der Waals surface area contributed by atoms with E-state index in [1.165, 1.54) is 10.4 Å².